The second-order valence-corrected chi connectivity index (χ2v) is 4.75. The Labute approximate surface area is 105 Å². The van der Waals surface area contributed by atoms with Crippen molar-refractivity contribution >= 4 is 0 Å². The topological polar surface area (TPSA) is 41.9 Å². The van der Waals surface area contributed by atoms with Gasteiger partial charge in [0.15, 0.2) is 6.29 Å². The molecule has 0 saturated carbocycles. The van der Waals surface area contributed by atoms with E-state index < -0.39 is 0 Å². The van der Waals surface area contributed by atoms with Crippen LogP contribution in [0.25, 0.3) is 0 Å². The van der Waals surface area contributed by atoms with E-state index in [-0.39, 0.29) is 6.29 Å². The summed E-state index contributed by atoms with van der Waals surface area (Å²) in [4.78, 5) is 2.28. The molecule has 1 aliphatic rings. The van der Waals surface area contributed by atoms with E-state index in [2.05, 4.69) is 11.9 Å². The zero-order chi connectivity index (χ0) is 12.3. The zero-order valence-corrected chi connectivity index (χ0v) is 11.1. The highest BCUT2D eigenvalue weighted by atomic mass is 16.7. The van der Waals surface area contributed by atoms with E-state index >= 15 is 0 Å². The van der Waals surface area contributed by atoms with Gasteiger partial charge < -0.3 is 19.5 Å². The molecule has 1 unspecified atom stereocenters. The van der Waals surface area contributed by atoms with Crippen molar-refractivity contribution in [2.24, 2.45) is 0 Å². The Balaban J connectivity index is 1.90. The van der Waals surface area contributed by atoms with Gasteiger partial charge in [0.05, 0.1) is 6.61 Å². The summed E-state index contributed by atoms with van der Waals surface area (Å²) < 4.78 is 11.2. The zero-order valence-electron chi connectivity index (χ0n) is 11.1. The first-order chi connectivity index (χ1) is 8.33. The van der Waals surface area contributed by atoms with Crippen molar-refractivity contribution in [1.82, 2.24) is 4.90 Å². The van der Waals surface area contributed by atoms with E-state index in [0.29, 0.717) is 6.61 Å². The lowest BCUT2D eigenvalue weighted by Gasteiger charge is -2.24. The molecule has 0 aromatic heterocycles. The summed E-state index contributed by atoms with van der Waals surface area (Å²) in [6.07, 6.45) is 6.64. The number of hydrogen-bond donors (Lipinski definition) is 1. The fourth-order valence-corrected chi connectivity index (χ4v) is 1.96. The van der Waals surface area contributed by atoms with Crippen LogP contribution >= 0.6 is 0 Å². The Morgan fingerprint density at radius 1 is 1.24 bits per heavy atom. The number of unbranched alkanes of at least 4 members (excludes halogenated alkanes) is 2. The minimum absolute atomic E-state index is 0.0338. The van der Waals surface area contributed by atoms with E-state index in [1.807, 2.05) is 0 Å². The van der Waals surface area contributed by atoms with Crippen LogP contribution in [0.4, 0.5) is 0 Å². The molecule has 1 rings (SSSR count). The maximum Gasteiger partial charge on any atom is 0.157 e. The SMILES string of the molecule is CN(CCCCCO)CCOC1CCCCO1. The minimum Gasteiger partial charge on any atom is -0.396 e. The standard InChI is InChI=1S/C13H27NO3/c1-14(8-4-2-5-10-15)9-12-17-13-7-3-6-11-16-13/h13,15H,2-12H2,1H3. The summed E-state index contributed by atoms with van der Waals surface area (Å²) in [5, 5.41) is 8.67. The van der Waals surface area contributed by atoms with Crippen LogP contribution in [-0.4, -0.2) is 56.3 Å². The summed E-state index contributed by atoms with van der Waals surface area (Å²) in [6.45, 7) is 3.95. The molecule has 0 aliphatic carbocycles. The molecule has 1 atom stereocenters. The molecule has 1 aliphatic heterocycles. The maximum absolute atomic E-state index is 8.67. The molecule has 1 fully saturated rings. The Hall–Kier alpha value is -0.160. The third kappa shape index (κ3) is 7.71. The highest BCUT2D eigenvalue weighted by molar-refractivity contribution is 4.56. The van der Waals surface area contributed by atoms with Crippen LogP contribution in [0, 0.1) is 0 Å². The molecule has 1 heterocycles. The summed E-state index contributed by atoms with van der Waals surface area (Å²) in [5.41, 5.74) is 0. The minimum atomic E-state index is 0.0338. The van der Waals surface area contributed by atoms with E-state index in [4.69, 9.17) is 14.6 Å². The fourth-order valence-electron chi connectivity index (χ4n) is 1.96. The third-order valence-corrected chi connectivity index (χ3v) is 3.11. The van der Waals surface area contributed by atoms with Crippen molar-refractivity contribution in [2.45, 2.75) is 44.8 Å². The smallest absolute Gasteiger partial charge is 0.157 e. The highest BCUT2D eigenvalue weighted by Gasteiger charge is 2.13. The van der Waals surface area contributed by atoms with Gasteiger partial charge in [-0.3, -0.25) is 0 Å². The first-order valence-corrected chi connectivity index (χ1v) is 6.85. The number of aliphatic hydroxyl groups is 1. The molecule has 102 valence electrons. The third-order valence-electron chi connectivity index (χ3n) is 3.11. The van der Waals surface area contributed by atoms with E-state index in [0.717, 1.165) is 52.0 Å². The van der Waals surface area contributed by atoms with Gasteiger partial charge in [0.2, 0.25) is 0 Å². The van der Waals surface area contributed by atoms with Crippen molar-refractivity contribution in [2.75, 3.05) is 40.0 Å². The first kappa shape index (κ1) is 14.9. The summed E-state index contributed by atoms with van der Waals surface area (Å²) in [7, 11) is 2.12. The van der Waals surface area contributed by atoms with Crippen LogP contribution in [0.15, 0.2) is 0 Å². The van der Waals surface area contributed by atoms with Crippen molar-refractivity contribution in [3.8, 4) is 0 Å². The fraction of sp³-hybridized carbons (Fsp3) is 1.00. The van der Waals surface area contributed by atoms with Crippen LogP contribution in [0.5, 0.6) is 0 Å². The summed E-state index contributed by atoms with van der Waals surface area (Å²) in [5.74, 6) is 0. The lowest BCUT2D eigenvalue weighted by atomic mass is 10.2. The Bertz CT molecular complexity index is 172. The average Bonchev–Trinajstić information content (AvgIpc) is 2.36. The Kier molecular flexibility index (Phi) is 8.61. The van der Waals surface area contributed by atoms with Gasteiger partial charge in [-0.25, -0.2) is 0 Å². The molecule has 0 amide bonds. The second kappa shape index (κ2) is 9.83. The van der Waals surface area contributed by atoms with Crippen LogP contribution in [0.3, 0.4) is 0 Å². The molecule has 1 N–H and O–H groups in total. The van der Waals surface area contributed by atoms with Crippen molar-refractivity contribution in [3.63, 3.8) is 0 Å². The molecule has 0 radical (unpaired) electrons. The molecule has 0 bridgehead atoms. The van der Waals surface area contributed by atoms with Gasteiger partial charge in [-0.05, 0) is 52.1 Å². The molecule has 4 heteroatoms. The van der Waals surface area contributed by atoms with Crippen molar-refractivity contribution in [1.29, 1.82) is 0 Å². The van der Waals surface area contributed by atoms with E-state index in [9.17, 15) is 0 Å². The van der Waals surface area contributed by atoms with Crippen molar-refractivity contribution < 1.29 is 14.6 Å². The first-order valence-electron chi connectivity index (χ1n) is 6.85. The lowest BCUT2D eigenvalue weighted by molar-refractivity contribution is -0.163. The summed E-state index contributed by atoms with van der Waals surface area (Å²) >= 11 is 0. The van der Waals surface area contributed by atoms with Crippen LogP contribution in [0.1, 0.15) is 38.5 Å². The molecule has 1 saturated heterocycles. The Morgan fingerprint density at radius 3 is 2.82 bits per heavy atom. The maximum atomic E-state index is 8.67. The van der Waals surface area contributed by atoms with Gasteiger partial charge in [0, 0.05) is 19.8 Å². The molecular weight excluding hydrogens is 218 g/mol. The predicted octanol–water partition coefficient (Wildman–Crippen LogP) is 1.62. The van der Waals surface area contributed by atoms with Crippen LogP contribution < -0.4 is 0 Å². The van der Waals surface area contributed by atoms with Crippen molar-refractivity contribution in [3.05, 3.63) is 0 Å². The number of ether oxygens (including phenoxy) is 2. The van der Waals surface area contributed by atoms with Crippen LogP contribution in [0.2, 0.25) is 0 Å². The monoisotopic (exact) mass is 245 g/mol. The summed E-state index contributed by atoms with van der Waals surface area (Å²) in [6, 6.07) is 0. The molecule has 17 heavy (non-hydrogen) atoms. The predicted molar refractivity (Wildman–Crippen MR) is 68.0 cm³/mol. The Morgan fingerprint density at radius 2 is 2.12 bits per heavy atom. The number of rotatable bonds is 9. The lowest BCUT2D eigenvalue weighted by Crippen LogP contribution is -2.29. The second-order valence-electron chi connectivity index (χ2n) is 4.75. The normalized spacial score (nSPS) is 21.0. The van der Waals surface area contributed by atoms with Gasteiger partial charge >= 0.3 is 0 Å². The van der Waals surface area contributed by atoms with Gasteiger partial charge in [-0.15, -0.1) is 0 Å². The van der Waals surface area contributed by atoms with E-state index in [1.54, 1.807) is 0 Å². The molecule has 0 aromatic rings. The molecule has 4 nitrogen and oxygen atoms in total. The van der Waals surface area contributed by atoms with E-state index in [1.165, 1.54) is 12.8 Å². The quantitative estimate of drug-likeness (QED) is 0.627. The number of aliphatic hydroxyl groups excluding tert-OH is 1. The number of likely N-dealkylation sites (N-methyl/N-ethyl adjacent to an activating group) is 1. The molecular formula is C13H27NO3. The largest absolute Gasteiger partial charge is 0.396 e. The van der Waals surface area contributed by atoms with Gasteiger partial charge in [0.1, 0.15) is 0 Å². The van der Waals surface area contributed by atoms with Crippen LogP contribution in [-0.2, 0) is 9.47 Å². The number of hydrogen-bond acceptors (Lipinski definition) is 4. The van der Waals surface area contributed by atoms with Gasteiger partial charge in [-0.2, -0.15) is 0 Å². The van der Waals surface area contributed by atoms with Gasteiger partial charge in [-0.1, -0.05) is 0 Å². The molecule has 0 aromatic carbocycles. The average molecular weight is 245 g/mol. The van der Waals surface area contributed by atoms with Gasteiger partial charge in [0.25, 0.3) is 0 Å². The highest BCUT2D eigenvalue weighted by Crippen LogP contribution is 2.13. The molecule has 0 spiro atoms. The number of nitrogens with zero attached hydrogens (tertiary/aromatic N) is 1.